The van der Waals surface area contributed by atoms with E-state index in [1.54, 1.807) is 11.3 Å². The number of hydrogen-bond donors (Lipinski definition) is 0. The van der Waals surface area contributed by atoms with Gasteiger partial charge in [-0.3, -0.25) is 0 Å². The van der Waals surface area contributed by atoms with Crippen LogP contribution < -0.4 is 4.90 Å². The number of rotatable bonds is 4. The third kappa shape index (κ3) is 4.15. The first kappa shape index (κ1) is 22.7. The van der Waals surface area contributed by atoms with E-state index >= 15 is 0 Å². The highest BCUT2D eigenvalue weighted by Gasteiger charge is 2.32. The third-order valence-electron chi connectivity index (χ3n) is 6.66. The van der Waals surface area contributed by atoms with Gasteiger partial charge in [0.25, 0.3) is 0 Å². The summed E-state index contributed by atoms with van der Waals surface area (Å²) < 4.78 is 40.8. The molecule has 3 aromatic rings. The molecule has 33 heavy (non-hydrogen) atoms. The molecule has 1 aromatic carbocycles. The van der Waals surface area contributed by atoms with E-state index in [2.05, 4.69) is 25.7 Å². The van der Waals surface area contributed by atoms with Gasteiger partial charge >= 0.3 is 0 Å². The van der Waals surface area contributed by atoms with Gasteiger partial charge < -0.3 is 4.90 Å². The molecule has 0 amide bonds. The minimum Gasteiger partial charge on any atom is -0.353 e. The molecule has 5 rings (SSSR count). The van der Waals surface area contributed by atoms with Crippen molar-refractivity contribution in [1.29, 1.82) is 0 Å². The number of piperazine rings is 1. The number of benzene rings is 1. The smallest absolute Gasteiger partial charge is 0.243 e. The monoisotopic (exact) mass is 488 g/mol. The van der Waals surface area contributed by atoms with Crippen LogP contribution in [0.2, 0.25) is 0 Å². The van der Waals surface area contributed by atoms with Gasteiger partial charge in [-0.2, -0.15) is 4.31 Å². The van der Waals surface area contributed by atoms with E-state index < -0.39 is 15.8 Å². The van der Waals surface area contributed by atoms with Gasteiger partial charge in [0.1, 0.15) is 22.3 Å². The highest BCUT2D eigenvalue weighted by Crippen LogP contribution is 2.41. The van der Waals surface area contributed by atoms with Crippen LogP contribution in [0.4, 0.5) is 10.2 Å². The fourth-order valence-electron chi connectivity index (χ4n) is 4.72. The lowest BCUT2D eigenvalue weighted by Crippen LogP contribution is -2.49. The summed E-state index contributed by atoms with van der Waals surface area (Å²) in [4.78, 5) is 14.7. The lowest BCUT2D eigenvalue weighted by Gasteiger charge is -2.35. The van der Waals surface area contributed by atoms with Crippen LogP contribution in [0.3, 0.4) is 0 Å². The highest BCUT2D eigenvalue weighted by molar-refractivity contribution is 7.89. The molecule has 1 saturated heterocycles. The van der Waals surface area contributed by atoms with Gasteiger partial charge in [0, 0.05) is 37.0 Å². The Morgan fingerprint density at radius 2 is 1.79 bits per heavy atom. The first-order valence-corrected chi connectivity index (χ1v) is 13.8. The van der Waals surface area contributed by atoms with Crippen LogP contribution in [0, 0.1) is 11.7 Å². The van der Waals surface area contributed by atoms with Crippen LogP contribution in [-0.2, 0) is 22.9 Å². The molecule has 0 unspecified atom stereocenters. The van der Waals surface area contributed by atoms with Crippen LogP contribution in [0.25, 0.3) is 10.2 Å². The minimum absolute atomic E-state index is 0.130. The molecule has 0 bridgehead atoms. The highest BCUT2D eigenvalue weighted by atomic mass is 32.2. The second kappa shape index (κ2) is 8.60. The molecule has 3 heterocycles. The fourth-order valence-corrected chi connectivity index (χ4v) is 7.53. The zero-order valence-electron chi connectivity index (χ0n) is 19.2. The summed E-state index contributed by atoms with van der Waals surface area (Å²) in [6.45, 7) is 8.37. The number of aromatic nitrogens is 2. The number of halogens is 1. The van der Waals surface area contributed by atoms with E-state index in [9.17, 15) is 12.8 Å². The average Bonchev–Trinajstić information content (AvgIpc) is 3.16. The number of sulfonamides is 1. The average molecular weight is 489 g/mol. The van der Waals surface area contributed by atoms with Crippen molar-refractivity contribution >= 4 is 37.4 Å². The van der Waals surface area contributed by atoms with Gasteiger partial charge in [-0.1, -0.05) is 20.8 Å². The standard InChI is InChI=1S/C24H29FN4O2S2/c1-15(2)22-26-23(21-19-9-4-16(3)14-20(19)32-24(21)27-22)28-10-12-29(13-11-28)33(30,31)18-7-5-17(25)6-8-18/h5-8,15-16H,4,9-14H2,1-3H3/t16-/m0/s1. The maximum absolute atomic E-state index is 13.3. The summed E-state index contributed by atoms with van der Waals surface area (Å²) in [5.41, 5.74) is 1.39. The Morgan fingerprint density at radius 3 is 2.45 bits per heavy atom. The van der Waals surface area contributed by atoms with Crippen LogP contribution in [0.15, 0.2) is 29.2 Å². The molecule has 0 spiro atoms. The predicted molar refractivity (Wildman–Crippen MR) is 130 cm³/mol. The molecular weight excluding hydrogens is 459 g/mol. The summed E-state index contributed by atoms with van der Waals surface area (Å²) in [6.07, 6.45) is 3.32. The molecular formula is C24H29FN4O2S2. The van der Waals surface area contributed by atoms with Gasteiger partial charge in [0.15, 0.2) is 0 Å². The lowest BCUT2D eigenvalue weighted by molar-refractivity contribution is 0.384. The minimum atomic E-state index is -3.65. The molecule has 1 aliphatic carbocycles. The van der Waals surface area contributed by atoms with Crippen molar-refractivity contribution in [2.75, 3.05) is 31.1 Å². The summed E-state index contributed by atoms with van der Waals surface area (Å²) in [6, 6.07) is 5.04. The summed E-state index contributed by atoms with van der Waals surface area (Å²) in [7, 11) is -3.65. The number of hydrogen-bond acceptors (Lipinski definition) is 6. The van der Waals surface area contributed by atoms with Crippen molar-refractivity contribution in [2.45, 2.75) is 50.8 Å². The van der Waals surface area contributed by atoms with Crippen LogP contribution in [0.5, 0.6) is 0 Å². The Labute approximate surface area is 198 Å². The Hall–Kier alpha value is -2.10. The van der Waals surface area contributed by atoms with E-state index in [4.69, 9.17) is 9.97 Å². The maximum atomic E-state index is 13.3. The number of nitrogens with zero attached hydrogens (tertiary/aromatic N) is 4. The first-order valence-electron chi connectivity index (χ1n) is 11.6. The Kier molecular flexibility index (Phi) is 5.91. The molecule has 2 aliphatic rings. The Bertz CT molecular complexity index is 1280. The summed E-state index contributed by atoms with van der Waals surface area (Å²) in [5.74, 6) is 2.25. The van der Waals surface area contributed by atoms with Crippen molar-refractivity contribution in [3.8, 4) is 0 Å². The molecule has 2 aromatic heterocycles. The van der Waals surface area contributed by atoms with E-state index in [-0.39, 0.29) is 10.8 Å². The van der Waals surface area contributed by atoms with E-state index in [1.165, 1.54) is 50.8 Å². The second-order valence-corrected chi connectivity index (χ2v) is 12.5. The molecule has 1 atom stereocenters. The van der Waals surface area contributed by atoms with Crippen LogP contribution >= 0.6 is 11.3 Å². The third-order valence-corrected chi connectivity index (χ3v) is 9.72. The zero-order chi connectivity index (χ0) is 23.3. The Balaban J connectivity index is 1.46. The van der Waals surface area contributed by atoms with Crippen LogP contribution in [-0.4, -0.2) is 48.9 Å². The molecule has 176 valence electrons. The zero-order valence-corrected chi connectivity index (χ0v) is 20.8. The SMILES string of the molecule is CC(C)c1nc(N2CCN(S(=O)(=O)c3ccc(F)cc3)CC2)c2c3c(sc2n1)C[C@@H](C)CC3. The number of anilines is 1. The number of aryl methyl sites for hydroxylation is 1. The van der Waals surface area contributed by atoms with Crippen molar-refractivity contribution in [3.05, 3.63) is 46.3 Å². The first-order chi connectivity index (χ1) is 15.7. The van der Waals surface area contributed by atoms with E-state index in [0.29, 0.717) is 32.1 Å². The van der Waals surface area contributed by atoms with Crippen molar-refractivity contribution < 1.29 is 12.8 Å². The topological polar surface area (TPSA) is 66.4 Å². The predicted octanol–water partition coefficient (Wildman–Crippen LogP) is 4.59. The quantitative estimate of drug-likeness (QED) is 0.537. The van der Waals surface area contributed by atoms with Gasteiger partial charge in [0.2, 0.25) is 10.0 Å². The lowest BCUT2D eigenvalue weighted by atomic mass is 9.89. The number of thiophene rings is 1. The van der Waals surface area contributed by atoms with E-state index in [0.717, 1.165) is 29.3 Å². The molecule has 6 nitrogen and oxygen atoms in total. The Morgan fingerprint density at radius 1 is 1.09 bits per heavy atom. The molecule has 1 aliphatic heterocycles. The summed E-state index contributed by atoms with van der Waals surface area (Å²) >= 11 is 1.80. The van der Waals surface area contributed by atoms with Crippen LogP contribution in [0.1, 0.15) is 49.4 Å². The number of fused-ring (bicyclic) bond motifs is 3. The molecule has 0 N–H and O–H groups in total. The van der Waals surface area contributed by atoms with Crippen molar-refractivity contribution in [3.63, 3.8) is 0 Å². The van der Waals surface area contributed by atoms with Gasteiger partial charge in [0.05, 0.1) is 10.3 Å². The normalized spacial score (nSPS) is 19.9. The maximum Gasteiger partial charge on any atom is 0.243 e. The van der Waals surface area contributed by atoms with Gasteiger partial charge in [-0.15, -0.1) is 11.3 Å². The second-order valence-electron chi connectivity index (χ2n) is 9.44. The summed E-state index contributed by atoms with van der Waals surface area (Å²) in [5, 5.41) is 1.17. The molecule has 0 radical (unpaired) electrons. The molecule has 9 heteroatoms. The van der Waals surface area contributed by atoms with E-state index in [1.807, 2.05) is 0 Å². The van der Waals surface area contributed by atoms with Crippen molar-refractivity contribution in [2.24, 2.45) is 5.92 Å². The largest absolute Gasteiger partial charge is 0.353 e. The molecule has 1 fully saturated rings. The molecule has 0 saturated carbocycles. The van der Waals surface area contributed by atoms with Gasteiger partial charge in [-0.05, 0) is 55.0 Å². The van der Waals surface area contributed by atoms with Gasteiger partial charge in [-0.25, -0.2) is 22.8 Å². The fraction of sp³-hybridized carbons (Fsp3) is 0.500. The van der Waals surface area contributed by atoms with Crippen molar-refractivity contribution in [1.82, 2.24) is 14.3 Å².